The van der Waals surface area contributed by atoms with Gasteiger partial charge in [-0.3, -0.25) is 4.79 Å². The molecule has 0 radical (unpaired) electrons. The van der Waals surface area contributed by atoms with Crippen molar-refractivity contribution < 1.29 is 13.9 Å². The molecule has 28 heavy (non-hydrogen) atoms. The van der Waals surface area contributed by atoms with E-state index in [0.29, 0.717) is 25.0 Å². The molecular weight excluding hydrogens is 353 g/mol. The molecule has 3 aromatic rings. The van der Waals surface area contributed by atoms with Crippen LogP contribution in [0.3, 0.4) is 0 Å². The second kappa shape index (κ2) is 6.79. The Bertz CT molecular complexity index is 1030. The highest BCUT2D eigenvalue weighted by atomic mass is 19.1. The van der Waals surface area contributed by atoms with Gasteiger partial charge in [-0.25, -0.2) is 4.39 Å². The van der Waals surface area contributed by atoms with Crippen molar-refractivity contribution in [3.05, 3.63) is 95.3 Å². The lowest BCUT2D eigenvalue weighted by Gasteiger charge is -2.21. The van der Waals surface area contributed by atoms with Crippen LogP contribution < -0.4 is 9.64 Å². The number of hydrogen-bond acceptors (Lipinski definition) is 2. The summed E-state index contributed by atoms with van der Waals surface area (Å²) in [6, 6.07) is 22.9. The van der Waals surface area contributed by atoms with E-state index in [1.165, 1.54) is 6.07 Å². The van der Waals surface area contributed by atoms with E-state index in [4.69, 9.17) is 4.74 Å². The number of carbonyl (C=O) groups excluding carboxylic acids is 1. The van der Waals surface area contributed by atoms with Crippen LogP contribution in [0.25, 0.3) is 0 Å². The van der Waals surface area contributed by atoms with E-state index in [9.17, 15) is 9.18 Å². The molecule has 0 N–H and O–H groups in total. The van der Waals surface area contributed by atoms with Crippen LogP contribution in [-0.4, -0.2) is 11.9 Å². The zero-order valence-electron chi connectivity index (χ0n) is 15.3. The first-order valence-corrected chi connectivity index (χ1v) is 9.57. The van der Waals surface area contributed by atoms with Gasteiger partial charge in [-0.1, -0.05) is 48.5 Å². The number of carbonyl (C=O) groups is 1. The Labute approximate surface area is 163 Å². The molecule has 0 aromatic heterocycles. The summed E-state index contributed by atoms with van der Waals surface area (Å²) in [7, 11) is 0. The number of amides is 1. The van der Waals surface area contributed by atoms with Crippen molar-refractivity contribution in [2.75, 3.05) is 4.90 Å². The van der Waals surface area contributed by atoms with Crippen LogP contribution in [0.5, 0.6) is 5.75 Å². The van der Waals surface area contributed by atoms with E-state index in [0.717, 1.165) is 22.6 Å². The Morgan fingerprint density at radius 2 is 1.79 bits per heavy atom. The highest BCUT2D eigenvalue weighted by molar-refractivity contribution is 5.99. The second-order valence-corrected chi connectivity index (χ2v) is 7.43. The number of fused-ring (bicyclic) bond motifs is 3. The predicted octanol–water partition coefficient (Wildman–Crippen LogP) is 4.85. The van der Waals surface area contributed by atoms with Crippen LogP contribution in [0, 0.1) is 5.82 Å². The average Bonchev–Trinajstić information content (AvgIpc) is 3.26. The van der Waals surface area contributed by atoms with Crippen LogP contribution in [0.1, 0.15) is 29.0 Å². The zero-order chi connectivity index (χ0) is 19.1. The molecule has 1 amide bonds. The van der Waals surface area contributed by atoms with Crippen molar-refractivity contribution in [3.8, 4) is 5.75 Å². The molecule has 5 rings (SSSR count). The molecule has 4 heteroatoms. The van der Waals surface area contributed by atoms with Gasteiger partial charge in [0.2, 0.25) is 5.91 Å². The first kappa shape index (κ1) is 17.0. The Morgan fingerprint density at radius 3 is 2.64 bits per heavy atom. The molecule has 0 spiro atoms. The fourth-order valence-electron chi connectivity index (χ4n) is 4.43. The smallest absolute Gasteiger partial charge is 0.227 e. The molecule has 0 bridgehead atoms. The van der Waals surface area contributed by atoms with E-state index in [1.807, 2.05) is 60.7 Å². The molecule has 1 fully saturated rings. The number of ether oxygens (including phenoxy) is 1. The lowest BCUT2D eigenvalue weighted by molar-refractivity contribution is -0.117. The number of anilines is 1. The lowest BCUT2D eigenvalue weighted by Crippen LogP contribution is -2.31. The minimum Gasteiger partial charge on any atom is -0.489 e. The number of nitrogens with zero attached hydrogens (tertiary/aromatic N) is 1. The van der Waals surface area contributed by atoms with E-state index in [1.54, 1.807) is 11.0 Å². The standard InChI is InChI=1S/C24H20FNO2/c25-21-10-5-11-22-20(21)13-23-19(14-24(27)26(22)23)17-8-4-9-18(12-17)28-15-16-6-2-1-3-7-16/h1-12,19,23H,13-15H2/t19-,23-/m1/s1. The maximum absolute atomic E-state index is 14.2. The maximum Gasteiger partial charge on any atom is 0.227 e. The van der Waals surface area contributed by atoms with E-state index < -0.39 is 0 Å². The zero-order valence-corrected chi connectivity index (χ0v) is 15.3. The van der Waals surface area contributed by atoms with Crippen LogP contribution in [0.4, 0.5) is 10.1 Å². The monoisotopic (exact) mass is 373 g/mol. The van der Waals surface area contributed by atoms with E-state index in [-0.39, 0.29) is 23.7 Å². The van der Waals surface area contributed by atoms with E-state index in [2.05, 4.69) is 0 Å². The van der Waals surface area contributed by atoms with Gasteiger partial charge in [0.25, 0.3) is 0 Å². The van der Waals surface area contributed by atoms with E-state index >= 15 is 0 Å². The molecule has 140 valence electrons. The van der Waals surface area contributed by atoms with Gasteiger partial charge in [0.15, 0.2) is 0 Å². The quantitative estimate of drug-likeness (QED) is 0.654. The summed E-state index contributed by atoms with van der Waals surface area (Å²) in [5.41, 5.74) is 3.56. The molecular formula is C24H20FNO2. The summed E-state index contributed by atoms with van der Waals surface area (Å²) in [6.07, 6.45) is 1.01. The maximum atomic E-state index is 14.2. The van der Waals surface area contributed by atoms with Crippen molar-refractivity contribution in [3.63, 3.8) is 0 Å². The molecule has 3 aromatic carbocycles. The number of rotatable bonds is 4. The Morgan fingerprint density at radius 1 is 0.964 bits per heavy atom. The Kier molecular flexibility index (Phi) is 4.12. The third-order valence-corrected chi connectivity index (χ3v) is 5.76. The van der Waals surface area contributed by atoms with Gasteiger partial charge < -0.3 is 9.64 Å². The molecule has 0 aliphatic carbocycles. The van der Waals surface area contributed by atoms with Crippen LogP contribution in [0.2, 0.25) is 0 Å². The molecule has 2 atom stereocenters. The first-order chi connectivity index (χ1) is 13.7. The summed E-state index contributed by atoms with van der Waals surface area (Å²) in [5.74, 6) is 0.668. The molecule has 2 aliphatic heterocycles. The third kappa shape index (κ3) is 2.85. The van der Waals surface area contributed by atoms with Crippen molar-refractivity contribution >= 4 is 11.6 Å². The van der Waals surface area contributed by atoms with Gasteiger partial charge in [-0.05, 0) is 41.8 Å². The topological polar surface area (TPSA) is 29.5 Å². The highest BCUT2D eigenvalue weighted by Gasteiger charge is 2.46. The molecule has 2 heterocycles. The van der Waals surface area contributed by atoms with Crippen molar-refractivity contribution in [2.24, 2.45) is 0 Å². The Hall–Kier alpha value is -3.14. The summed E-state index contributed by atoms with van der Waals surface area (Å²) in [5, 5.41) is 0. The Balaban J connectivity index is 1.39. The van der Waals surface area contributed by atoms with Gasteiger partial charge in [-0.2, -0.15) is 0 Å². The summed E-state index contributed by atoms with van der Waals surface area (Å²) >= 11 is 0. The average molecular weight is 373 g/mol. The SMILES string of the molecule is O=C1C[C@H](c2cccc(OCc3ccccc3)c2)[C@H]2Cc3c(F)cccc3N12. The minimum atomic E-state index is -0.224. The first-order valence-electron chi connectivity index (χ1n) is 9.57. The van der Waals surface area contributed by atoms with Gasteiger partial charge in [-0.15, -0.1) is 0 Å². The van der Waals surface area contributed by atoms with Gasteiger partial charge in [0, 0.05) is 23.9 Å². The molecule has 0 unspecified atom stereocenters. The number of halogens is 1. The summed E-state index contributed by atoms with van der Waals surface area (Å²) in [4.78, 5) is 14.5. The summed E-state index contributed by atoms with van der Waals surface area (Å²) in [6.45, 7) is 0.500. The highest BCUT2D eigenvalue weighted by Crippen LogP contribution is 2.46. The lowest BCUT2D eigenvalue weighted by atomic mass is 9.89. The van der Waals surface area contributed by atoms with Gasteiger partial charge in [0.05, 0.1) is 5.69 Å². The minimum absolute atomic E-state index is 0.0243. The number of hydrogen-bond donors (Lipinski definition) is 0. The van der Waals surface area contributed by atoms with Gasteiger partial charge >= 0.3 is 0 Å². The fourth-order valence-corrected chi connectivity index (χ4v) is 4.43. The normalized spacial score (nSPS) is 20.2. The van der Waals surface area contributed by atoms with Crippen LogP contribution in [-0.2, 0) is 17.8 Å². The van der Waals surface area contributed by atoms with Gasteiger partial charge in [0.1, 0.15) is 18.2 Å². The fraction of sp³-hybridized carbons (Fsp3) is 0.208. The summed E-state index contributed by atoms with van der Waals surface area (Å²) < 4.78 is 20.2. The molecule has 0 saturated carbocycles. The number of benzene rings is 3. The predicted molar refractivity (Wildman–Crippen MR) is 106 cm³/mol. The second-order valence-electron chi connectivity index (χ2n) is 7.43. The van der Waals surface area contributed by atoms with Crippen LogP contribution >= 0.6 is 0 Å². The van der Waals surface area contributed by atoms with Crippen molar-refractivity contribution in [1.29, 1.82) is 0 Å². The van der Waals surface area contributed by atoms with Crippen LogP contribution in [0.15, 0.2) is 72.8 Å². The molecule has 3 nitrogen and oxygen atoms in total. The van der Waals surface area contributed by atoms with Crippen molar-refractivity contribution in [1.82, 2.24) is 0 Å². The third-order valence-electron chi connectivity index (χ3n) is 5.76. The largest absolute Gasteiger partial charge is 0.489 e. The molecule has 1 saturated heterocycles. The molecule has 2 aliphatic rings. The van der Waals surface area contributed by atoms with Crippen molar-refractivity contribution in [2.45, 2.75) is 31.4 Å².